The first kappa shape index (κ1) is 12.2. The van der Waals surface area contributed by atoms with Crippen molar-refractivity contribution in [2.24, 2.45) is 5.92 Å². The summed E-state index contributed by atoms with van der Waals surface area (Å²) in [5.41, 5.74) is 0. The lowest BCUT2D eigenvalue weighted by Gasteiger charge is -2.14. The molecule has 1 unspecified atom stereocenters. The Morgan fingerprint density at radius 2 is 2.15 bits per heavy atom. The van der Waals surface area contributed by atoms with Crippen molar-refractivity contribution in [3.63, 3.8) is 0 Å². The van der Waals surface area contributed by atoms with E-state index in [-0.39, 0.29) is 5.97 Å². The predicted octanol–water partition coefficient (Wildman–Crippen LogP) is 2.12. The van der Waals surface area contributed by atoms with Crippen LogP contribution in [0.15, 0.2) is 12.7 Å². The SMILES string of the molecule is C=CC(OCCC(C)C)OC(C)=O. The van der Waals surface area contributed by atoms with Crippen LogP contribution in [0, 0.1) is 5.92 Å². The van der Waals surface area contributed by atoms with Gasteiger partial charge < -0.3 is 9.47 Å². The maximum absolute atomic E-state index is 10.6. The number of ether oxygens (including phenoxy) is 2. The Hall–Kier alpha value is -0.830. The van der Waals surface area contributed by atoms with Crippen molar-refractivity contribution in [2.75, 3.05) is 6.61 Å². The highest BCUT2D eigenvalue weighted by Crippen LogP contribution is 2.03. The average molecular weight is 186 g/mol. The molecule has 0 bridgehead atoms. The lowest BCUT2D eigenvalue weighted by atomic mass is 10.1. The van der Waals surface area contributed by atoms with Gasteiger partial charge in [0.25, 0.3) is 0 Å². The Balaban J connectivity index is 3.59. The average Bonchev–Trinajstić information content (AvgIpc) is 2.01. The first-order chi connectivity index (χ1) is 6.06. The highest BCUT2D eigenvalue weighted by atomic mass is 16.7. The molecule has 0 radical (unpaired) electrons. The summed E-state index contributed by atoms with van der Waals surface area (Å²) in [7, 11) is 0. The van der Waals surface area contributed by atoms with Crippen LogP contribution in [0.4, 0.5) is 0 Å². The summed E-state index contributed by atoms with van der Waals surface area (Å²) in [6, 6.07) is 0. The second-order valence-electron chi connectivity index (χ2n) is 3.27. The molecule has 0 aromatic rings. The molecule has 13 heavy (non-hydrogen) atoms. The van der Waals surface area contributed by atoms with E-state index < -0.39 is 6.29 Å². The van der Waals surface area contributed by atoms with E-state index >= 15 is 0 Å². The second kappa shape index (κ2) is 6.66. The van der Waals surface area contributed by atoms with Gasteiger partial charge >= 0.3 is 5.97 Å². The van der Waals surface area contributed by atoms with Gasteiger partial charge in [0.05, 0.1) is 6.61 Å². The Kier molecular flexibility index (Phi) is 6.24. The van der Waals surface area contributed by atoms with Gasteiger partial charge in [-0.2, -0.15) is 0 Å². The van der Waals surface area contributed by atoms with Gasteiger partial charge in [-0.15, -0.1) is 0 Å². The minimum atomic E-state index is -0.601. The molecule has 0 aliphatic rings. The van der Waals surface area contributed by atoms with E-state index in [4.69, 9.17) is 9.47 Å². The molecule has 0 spiro atoms. The van der Waals surface area contributed by atoms with Crippen LogP contribution >= 0.6 is 0 Å². The van der Waals surface area contributed by atoms with E-state index in [9.17, 15) is 4.79 Å². The Morgan fingerprint density at radius 3 is 2.54 bits per heavy atom. The molecule has 0 aliphatic carbocycles. The zero-order chi connectivity index (χ0) is 10.3. The van der Waals surface area contributed by atoms with Crippen LogP contribution in [-0.2, 0) is 14.3 Å². The third-order valence-corrected chi connectivity index (χ3v) is 1.45. The topological polar surface area (TPSA) is 35.5 Å². The summed E-state index contributed by atoms with van der Waals surface area (Å²) in [6.07, 6.45) is 1.82. The minimum Gasteiger partial charge on any atom is -0.432 e. The number of rotatable bonds is 6. The van der Waals surface area contributed by atoms with Crippen LogP contribution in [-0.4, -0.2) is 18.9 Å². The van der Waals surface area contributed by atoms with Crippen molar-refractivity contribution in [3.05, 3.63) is 12.7 Å². The summed E-state index contributed by atoms with van der Waals surface area (Å²) in [5, 5.41) is 0. The molecule has 0 aliphatic heterocycles. The van der Waals surface area contributed by atoms with Crippen molar-refractivity contribution in [2.45, 2.75) is 33.5 Å². The number of esters is 1. The van der Waals surface area contributed by atoms with E-state index in [1.807, 2.05) is 0 Å². The second-order valence-corrected chi connectivity index (χ2v) is 3.27. The number of hydrogen-bond acceptors (Lipinski definition) is 3. The first-order valence-electron chi connectivity index (χ1n) is 4.47. The van der Waals surface area contributed by atoms with Crippen LogP contribution in [0.1, 0.15) is 27.2 Å². The minimum absolute atomic E-state index is 0.352. The fraction of sp³-hybridized carbons (Fsp3) is 0.700. The van der Waals surface area contributed by atoms with Crippen molar-refractivity contribution in [3.8, 4) is 0 Å². The molecular formula is C10H18O3. The van der Waals surface area contributed by atoms with E-state index in [0.29, 0.717) is 12.5 Å². The third-order valence-electron chi connectivity index (χ3n) is 1.45. The van der Waals surface area contributed by atoms with Gasteiger partial charge in [-0.1, -0.05) is 20.4 Å². The number of carbonyl (C=O) groups is 1. The van der Waals surface area contributed by atoms with E-state index in [1.165, 1.54) is 13.0 Å². The van der Waals surface area contributed by atoms with Crippen molar-refractivity contribution in [1.82, 2.24) is 0 Å². The molecule has 0 heterocycles. The maximum atomic E-state index is 10.6. The standard InChI is InChI=1S/C10H18O3/c1-5-10(13-9(4)11)12-7-6-8(2)3/h5,8,10H,1,6-7H2,2-4H3. The van der Waals surface area contributed by atoms with Gasteiger partial charge in [-0.25, -0.2) is 0 Å². The Labute approximate surface area is 79.7 Å². The van der Waals surface area contributed by atoms with Crippen LogP contribution in [0.2, 0.25) is 0 Å². The molecule has 1 atom stereocenters. The van der Waals surface area contributed by atoms with Gasteiger partial charge in [0.2, 0.25) is 6.29 Å². The lowest BCUT2D eigenvalue weighted by Crippen LogP contribution is -2.18. The maximum Gasteiger partial charge on any atom is 0.305 e. The molecule has 0 saturated heterocycles. The van der Waals surface area contributed by atoms with Crippen LogP contribution in [0.25, 0.3) is 0 Å². The highest BCUT2D eigenvalue weighted by Gasteiger charge is 2.07. The molecule has 3 nitrogen and oxygen atoms in total. The van der Waals surface area contributed by atoms with Gasteiger partial charge in [0.1, 0.15) is 0 Å². The summed E-state index contributed by atoms with van der Waals surface area (Å²) in [6.45, 7) is 9.66. The molecule has 0 aromatic carbocycles. The summed E-state index contributed by atoms with van der Waals surface area (Å²) < 4.78 is 10.1. The molecule has 0 amide bonds. The van der Waals surface area contributed by atoms with E-state index in [0.717, 1.165) is 6.42 Å². The quantitative estimate of drug-likeness (QED) is 0.362. The Morgan fingerprint density at radius 1 is 1.54 bits per heavy atom. The van der Waals surface area contributed by atoms with E-state index in [1.54, 1.807) is 0 Å². The van der Waals surface area contributed by atoms with E-state index in [2.05, 4.69) is 20.4 Å². The van der Waals surface area contributed by atoms with Gasteiger partial charge in [-0.05, 0) is 18.4 Å². The molecule has 0 saturated carbocycles. The molecule has 0 N–H and O–H groups in total. The fourth-order valence-electron chi connectivity index (χ4n) is 0.734. The zero-order valence-corrected chi connectivity index (χ0v) is 8.58. The number of carbonyl (C=O) groups excluding carboxylic acids is 1. The molecule has 3 heteroatoms. The molecule has 0 aromatic heterocycles. The van der Waals surface area contributed by atoms with Gasteiger partial charge in [0, 0.05) is 6.92 Å². The summed E-state index contributed by atoms with van der Waals surface area (Å²) >= 11 is 0. The zero-order valence-electron chi connectivity index (χ0n) is 8.58. The molecule has 0 rings (SSSR count). The number of hydrogen-bond donors (Lipinski definition) is 0. The van der Waals surface area contributed by atoms with Crippen molar-refractivity contribution in [1.29, 1.82) is 0 Å². The largest absolute Gasteiger partial charge is 0.432 e. The van der Waals surface area contributed by atoms with Gasteiger partial charge in [-0.3, -0.25) is 4.79 Å². The van der Waals surface area contributed by atoms with Crippen LogP contribution in [0.3, 0.4) is 0 Å². The lowest BCUT2D eigenvalue weighted by molar-refractivity contribution is -0.166. The van der Waals surface area contributed by atoms with Crippen LogP contribution in [0.5, 0.6) is 0 Å². The molecular weight excluding hydrogens is 168 g/mol. The molecule has 76 valence electrons. The molecule has 0 fully saturated rings. The Bertz CT molecular complexity index is 164. The first-order valence-corrected chi connectivity index (χ1v) is 4.47. The monoisotopic (exact) mass is 186 g/mol. The van der Waals surface area contributed by atoms with Crippen LogP contribution < -0.4 is 0 Å². The summed E-state index contributed by atoms with van der Waals surface area (Å²) in [5.74, 6) is 0.234. The normalized spacial score (nSPS) is 12.6. The highest BCUT2D eigenvalue weighted by molar-refractivity contribution is 5.66. The van der Waals surface area contributed by atoms with Crippen molar-refractivity contribution < 1.29 is 14.3 Å². The smallest absolute Gasteiger partial charge is 0.305 e. The van der Waals surface area contributed by atoms with Gasteiger partial charge in [0.15, 0.2) is 0 Å². The fourth-order valence-corrected chi connectivity index (χ4v) is 0.734. The third kappa shape index (κ3) is 7.53. The van der Waals surface area contributed by atoms with Crippen molar-refractivity contribution >= 4 is 5.97 Å². The summed E-state index contributed by atoms with van der Waals surface area (Å²) in [4.78, 5) is 10.6. The predicted molar refractivity (Wildman–Crippen MR) is 51.2 cm³/mol.